The van der Waals surface area contributed by atoms with Crippen LogP contribution < -0.4 is 4.74 Å². The molecule has 0 amide bonds. The number of ether oxygens (including phenoxy) is 1. The molecule has 0 atom stereocenters. The minimum absolute atomic E-state index is 0.0176. The van der Waals surface area contributed by atoms with E-state index in [1.807, 2.05) is 0 Å². The Kier molecular flexibility index (Phi) is 6.74. The van der Waals surface area contributed by atoms with Crippen molar-refractivity contribution in [1.29, 1.82) is 0 Å². The van der Waals surface area contributed by atoms with Crippen molar-refractivity contribution in [3.05, 3.63) is 109 Å². The standard InChI is InChI=1S/C23H15ClN4O8S/c1-14-21(37(34,35)18-10-8-17(9-11-18)27(30)31)22(26(25-14)16-5-3-2-4-6-16)36-23(29)19-13-15(24)7-12-20(19)28(32)33/h2-13H,1H3. The Labute approximate surface area is 213 Å². The molecule has 0 aliphatic rings. The van der Waals surface area contributed by atoms with E-state index in [0.717, 1.165) is 41.1 Å². The molecule has 0 bridgehead atoms. The molecule has 0 saturated carbocycles. The summed E-state index contributed by atoms with van der Waals surface area (Å²) in [6.45, 7) is 1.37. The van der Waals surface area contributed by atoms with Gasteiger partial charge in [0.15, 0.2) is 4.90 Å². The minimum Gasteiger partial charge on any atom is -0.402 e. The van der Waals surface area contributed by atoms with Gasteiger partial charge in [-0.05, 0) is 43.3 Å². The number of carbonyl (C=O) groups is 1. The summed E-state index contributed by atoms with van der Waals surface area (Å²) in [6.07, 6.45) is 0. The Balaban J connectivity index is 1.90. The van der Waals surface area contributed by atoms with Crippen LogP contribution in [-0.2, 0) is 9.84 Å². The second-order valence-electron chi connectivity index (χ2n) is 7.53. The third-order valence-electron chi connectivity index (χ3n) is 5.16. The molecule has 0 N–H and O–H groups in total. The van der Waals surface area contributed by atoms with E-state index in [9.17, 15) is 33.4 Å². The fraction of sp³-hybridized carbons (Fsp3) is 0.0435. The van der Waals surface area contributed by atoms with Crippen molar-refractivity contribution in [2.75, 3.05) is 0 Å². The SMILES string of the molecule is Cc1nn(-c2ccccc2)c(OC(=O)c2cc(Cl)ccc2[N+](=O)[O-])c1S(=O)(=O)c1ccc([N+](=O)[O-])cc1. The summed E-state index contributed by atoms with van der Waals surface area (Å²) in [5, 5.41) is 26.7. The van der Waals surface area contributed by atoms with Crippen LogP contribution in [0.1, 0.15) is 16.1 Å². The normalized spacial score (nSPS) is 11.2. The zero-order valence-corrected chi connectivity index (χ0v) is 20.3. The van der Waals surface area contributed by atoms with E-state index < -0.39 is 47.7 Å². The monoisotopic (exact) mass is 542 g/mol. The van der Waals surface area contributed by atoms with E-state index in [1.54, 1.807) is 30.3 Å². The minimum atomic E-state index is -4.44. The molecular weight excluding hydrogens is 528 g/mol. The van der Waals surface area contributed by atoms with Gasteiger partial charge in [-0.1, -0.05) is 29.8 Å². The van der Waals surface area contributed by atoms with Crippen LogP contribution in [0.15, 0.2) is 82.6 Å². The Morgan fingerprint density at radius 2 is 1.62 bits per heavy atom. The lowest BCUT2D eigenvalue weighted by Gasteiger charge is -2.11. The number of benzene rings is 3. The van der Waals surface area contributed by atoms with E-state index in [-0.39, 0.29) is 21.3 Å². The van der Waals surface area contributed by atoms with Crippen molar-refractivity contribution in [2.45, 2.75) is 16.7 Å². The molecule has 3 aromatic carbocycles. The number of hydrogen-bond donors (Lipinski definition) is 0. The number of hydrogen-bond acceptors (Lipinski definition) is 9. The zero-order chi connectivity index (χ0) is 26.9. The molecule has 1 heterocycles. The van der Waals surface area contributed by atoms with E-state index >= 15 is 0 Å². The first kappa shape index (κ1) is 25.5. The van der Waals surface area contributed by atoms with Gasteiger partial charge in [-0.15, -0.1) is 0 Å². The van der Waals surface area contributed by atoms with Gasteiger partial charge in [-0.25, -0.2) is 13.2 Å². The lowest BCUT2D eigenvalue weighted by Crippen LogP contribution is -2.16. The molecule has 0 aliphatic carbocycles. The Morgan fingerprint density at radius 1 is 0.973 bits per heavy atom. The first-order valence-corrected chi connectivity index (χ1v) is 12.2. The molecule has 1 aromatic heterocycles. The predicted molar refractivity (Wildman–Crippen MR) is 130 cm³/mol. The van der Waals surface area contributed by atoms with Gasteiger partial charge in [-0.2, -0.15) is 9.78 Å². The van der Waals surface area contributed by atoms with Gasteiger partial charge >= 0.3 is 5.97 Å². The summed E-state index contributed by atoms with van der Waals surface area (Å²) >= 11 is 5.93. The summed E-state index contributed by atoms with van der Waals surface area (Å²) in [7, 11) is -4.44. The number of carbonyl (C=O) groups excluding carboxylic acids is 1. The molecule has 0 saturated heterocycles. The quantitative estimate of drug-likeness (QED) is 0.183. The Bertz CT molecular complexity index is 1650. The highest BCUT2D eigenvalue weighted by molar-refractivity contribution is 7.91. The van der Waals surface area contributed by atoms with Crippen molar-refractivity contribution >= 4 is 38.8 Å². The first-order valence-electron chi connectivity index (χ1n) is 10.3. The van der Waals surface area contributed by atoms with Gasteiger partial charge in [0.2, 0.25) is 15.7 Å². The van der Waals surface area contributed by atoms with Crippen LogP contribution in [-0.4, -0.2) is 34.0 Å². The van der Waals surface area contributed by atoms with Crippen LogP contribution in [0.4, 0.5) is 11.4 Å². The lowest BCUT2D eigenvalue weighted by molar-refractivity contribution is -0.385. The fourth-order valence-electron chi connectivity index (χ4n) is 3.47. The van der Waals surface area contributed by atoms with Crippen molar-refractivity contribution in [2.24, 2.45) is 0 Å². The summed E-state index contributed by atoms with van der Waals surface area (Å²) in [5.74, 6) is -1.77. The average molecular weight is 543 g/mol. The number of nitro groups is 2. The van der Waals surface area contributed by atoms with Crippen LogP contribution in [0.2, 0.25) is 5.02 Å². The van der Waals surface area contributed by atoms with Crippen molar-refractivity contribution in [1.82, 2.24) is 9.78 Å². The smallest absolute Gasteiger partial charge is 0.351 e. The third-order valence-corrected chi connectivity index (χ3v) is 7.29. The molecule has 37 heavy (non-hydrogen) atoms. The molecule has 4 aromatic rings. The molecule has 0 radical (unpaired) electrons. The summed E-state index contributed by atoms with van der Waals surface area (Å²) in [6, 6.07) is 15.5. The summed E-state index contributed by atoms with van der Waals surface area (Å²) in [5.41, 5.74) is -1.15. The number of non-ortho nitro benzene ring substituents is 1. The molecule has 12 nitrogen and oxygen atoms in total. The van der Waals surface area contributed by atoms with Gasteiger partial charge in [0.1, 0.15) is 5.56 Å². The number of halogens is 1. The Hall–Kier alpha value is -4.62. The number of aromatic nitrogens is 2. The van der Waals surface area contributed by atoms with Crippen LogP contribution in [0, 0.1) is 27.2 Å². The first-order chi connectivity index (χ1) is 17.5. The van der Waals surface area contributed by atoms with E-state index in [4.69, 9.17) is 16.3 Å². The lowest BCUT2D eigenvalue weighted by atomic mass is 10.2. The van der Waals surface area contributed by atoms with Gasteiger partial charge in [-0.3, -0.25) is 20.2 Å². The number of esters is 1. The molecule has 14 heteroatoms. The predicted octanol–water partition coefficient (Wildman–Crippen LogP) is 4.70. The summed E-state index contributed by atoms with van der Waals surface area (Å²) < 4.78 is 33.7. The van der Waals surface area contributed by atoms with Gasteiger partial charge < -0.3 is 4.74 Å². The second-order valence-corrected chi connectivity index (χ2v) is 9.85. The van der Waals surface area contributed by atoms with Crippen molar-refractivity contribution < 1.29 is 27.8 Å². The topological polar surface area (TPSA) is 165 Å². The van der Waals surface area contributed by atoms with E-state index in [0.29, 0.717) is 5.69 Å². The maximum absolute atomic E-state index is 13.6. The molecule has 188 valence electrons. The molecule has 4 rings (SSSR count). The molecular formula is C23H15ClN4O8S. The highest BCUT2D eigenvalue weighted by Crippen LogP contribution is 2.36. The fourth-order valence-corrected chi connectivity index (χ4v) is 5.16. The van der Waals surface area contributed by atoms with Gasteiger partial charge in [0.25, 0.3) is 11.4 Å². The second kappa shape index (κ2) is 9.79. The highest BCUT2D eigenvalue weighted by atomic mass is 35.5. The number of nitro benzene ring substituents is 2. The average Bonchev–Trinajstić information content (AvgIpc) is 3.20. The van der Waals surface area contributed by atoms with Crippen LogP contribution in [0.25, 0.3) is 5.69 Å². The van der Waals surface area contributed by atoms with Gasteiger partial charge in [0.05, 0.1) is 26.1 Å². The van der Waals surface area contributed by atoms with Crippen molar-refractivity contribution in [3.8, 4) is 11.6 Å². The van der Waals surface area contributed by atoms with Crippen LogP contribution in [0.3, 0.4) is 0 Å². The largest absolute Gasteiger partial charge is 0.402 e. The Morgan fingerprint density at radius 3 is 2.22 bits per heavy atom. The summed E-state index contributed by atoms with van der Waals surface area (Å²) in [4.78, 5) is 33.3. The molecule has 0 unspecified atom stereocenters. The maximum atomic E-state index is 13.6. The number of nitrogens with zero attached hydrogens (tertiary/aromatic N) is 4. The molecule has 0 spiro atoms. The van der Waals surface area contributed by atoms with E-state index in [2.05, 4.69) is 5.10 Å². The zero-order valence-electron chi connectivity index (χ0n) is 18.8. The van der Waals surface area contributed by atoms with Crippen LogP contribution in [0.5, 0.6) is 5.88 Å². The highest BCUT2D eigenvalue weighted by Gasteiger charge is 2.34. The van der Waals surface area contributed by atoms with E-state index in [1.165, 1.54) is 13.0 Å². The third kappa shape index (κ3) is 4.90. The maximum Gasteiger partial charge on any atom is 0.351 e. The number of rotatable bonds is 7. The van der Waals surface area contributed by atoms with Crippen molar-refractivity contribution in [3.63, 3.8) is 0 Å². The number of sulfone groups is 1. The molecule has 0 aliphatic heterocycles. The van der Waals surface area contributed by atoms with Crippen LogP contribution >= 0.6 is 11.6 Å². The molecule has 0 fully saturated rings. The van der Waals surface area contributed by atoms with Gasteiger partial charge in [0, 0.05) is 23.2 Å². The number of aryl methyl sites for hydroxylation is 1. The number of para-hydroxylation sites is 1.